The molecule has 1 aromatic rings. The second kappa shape index (κ2) is 6.06. The summed E-state index contributed by atoms with van der Waals surface area (Å²) in [5.74, 6) is 0. The molecule has 2 unspecified atom stereocenters. The smallest absolute Gasteiger partial charge is 0.0142 e. The molecule has 0 saturated carbocycles. The van der Waals surface area contributed by atoms with Crippen molar-refractivity contribution < 1.29 is 0 Å². The zero-order valence-corrected chi connectivity index (χ0v) is 16.8. The first-order valence-corrected chi connectivity index (χ1v) is 11.0. The van der Waals surface area contributed by atoms with Gasteiger partial charge >= 0.3 is 0 Å². The van der Waals surface area contributed by atoms with Crippen LogP contribution in [-0.4, -0.2) is 23.6 Å². The first-order valence-electron chi connectivity index (χ1n) is 7.44. The monoisotopic (exact) mass is 310 g/mol. The molecular formula is C18H32P2. The molecule has 0 fully saturated rings. The number of aryl methyl sites for hydroxylation is 2. The first-order chi connectivity index (χ1) is 8.85. The Kier molecular flexibility index (Phi) is 5.49. The minimum atomic E-state index is -0.116. The average molecular weight is 310 g/mol. The Balaban J connectivity index is 3.37. The van der Waals surface area contributed by atoms with Gasteiger partial charge in [0.25, 0.3) is 0 Å². The van der Waals surface area contributed by atoms with Gasteiger partial charge in [-0.25, -0.2) is 0 Å². The Hall–Kier alpha value is 0.0800. The fraction of sp³-hybridized carbons (Fsp3) is 0.667. The third-order valence-corrected chi connectivity index (χ3v) is 10.7. The van der Waals surface area contributed by atoms with Crippen LogP contribution in [0.3, 0.4) is 0 Å². The number of hydrogen-bond donors (Lipinski definition) is 0. The molecule has 0 spiro atoms. The predicted molar refractivity (Wildman–Crippen MR) is 100 cm³/mol. The summed E-state index contributed by atoms with van der Waals surface area (Å²) in [5, 5.41) is 3.97. The van der Waals surface area contributed by atoms with E-state index in [-0.39, 0.29) is 15.8 Å². The van der Waals surface area contributed by atoms with Gasteiger partial charge < -0.3 is 0 Å². The molecule has 114 valence electrons. The highest BCUT2D eigenvalue weighted by atomic mass is 31.1. The van der Waals surface area contributed by atoms with Crippen molar-refractivity contribution in [2.75, 3.05) is 13.3 Å². The van der Waals surface area contributed by atoms with E-state index in [2.05, 4.69) is 80.9 Å². The minimum absolute atomic E-state index is 0.116. The van der Waals surface area contributed by atoms with Crippen molar-refractivity contribution in [1.82, 2.24) is 0 Å². The summed E-state index contributed by atoms with van der Waals surface area (Å²) in [7, 11) is -0.233. The maximum absolute atomic E-state index is 2.54. The molecule has 20 heavy (non-hydrogen) atoms. The van der Waals surface area contributed by atoms with Crippen molar-refractivity contribution in [3.8, 4) is 0 Å². The molecule has 0 aliphatic heterocycles. The van der Waals surface area contributed by atoms with E-state index in [0.717, 1.165) is 0 Å². The lowest BCUT2D eigenvalue weighted by Gasteiger charge is -2.33. The minimum Gasteiger partial charge on any atom is -0.0727 e. The second-order valence-corrected chi connectivity index (χ2v) is 13.8. The van der Waals surface area contributed by atoms with Gasteiger partial charge in [0.15, 0.2) is 0 Å². The third kappa shape index (κ3) is 4.05. The van der Waals surface area contributed by atoms with Gasteiger partial charge in [0.2, 0.25) is 0 Å². The lowest BCUT2D eigenvalue weighted by atomic mass is 10.1. The van der Waals surface area contributed by atoms with Gasteiger partial charge in [0.1, 0.15) is 0 Å². The van der Waals surface area contributed by atoms with Crippen LogP contribution in [0.15, 0.2) is 12.1 Å². The normalized spacial score (nSPS) is 16.1. The zero-order chi connectivity index (χ0) is 15.9. The summed E-state index contributed by atoms with van der Waals surface area (Å²) in [6, 6.07) is 4.96. The van der Waals surface area contributed by atoms with Crippen LogP contribution in [0.4, 0.5) is 0 Å². The lowest BCUT2D eigenvalue weighted by molar-refractivity contribution is 0.790. The van der Waals surface area contributed by atoms with E-state index in [1.807, 2.05) is 0 Å². The molecule has 0 aliphatic carbocycles. The summed E-state index contributed by atoms with van der Waals surface area (Å²) in [5.41, 5.74) is 2.96. The first kappa shape index (κ1) is 18.1. The number of benzene rings is 1. The molecule has 1 rings (SSSR count). The largest absolute Gasteiger partial charge is 0.0727 e. The van der Waals surface area contributed by atoms with Crippen LogP contribution < -0.4 is 10.6 Å². The average Bonchev–Trinajstić information content (AvgIpc) is 2.25. The molecule has 0 heterocycles. The molecule has 0 N–H and O–H groups in total. The van der Waals surface area contributed by atoms with Crippen LogP contribution in [0.25, 0.3) is 0 Å². The molecule has 0 radical (unpaired) electrons. The summed E-state index contributed by atoms with van der Waals surface area (Å²) < 4.78 is 0. The van der Waals surface area contributed by atoms with E-state index in [1.165, 1.54) is 11.1 Å². The summed E-state index contributed by atoms with van der Waals surface area (Å²) >= 11 is 0. The molecule has 1 aromatic carbocycles. The van der Waals surface area contributed by atoms with E-state index >= 15 is 0 Å². The fourth-order valence-electron chi connectivity index (χ4n) is 2.28. The van der Waals surface area contributed by atoms with Crippen molar-refractivity contribution in [2.45, 2.75) is 65.7 Å². The highest BCUT2D eigenvalue weighted by Gasteiger charge is 2.27. The standard InChI is InChI=1S/C18H32P2/c1-13-11-14(2)16(20(10)18(6,7)8)12-15(13)19(9)17(3,4)5/h11-12H,1-10H3. The topological polar surface area (TPSA) is 0 Å². The predicted octanol–water partition coefficient (Wildman–Crippen LogP) is 5.37. The Morgan fingerprint density at radius 1 is 0.650 bits per heavy atom. The van der Waals surface area contributed by atoms with Crippen LogP contribution in [0.1, 0.15) is 52.7 Å². The van der Waals surface area contributed by atoms with Crippen LogP contribution in [0, 0.1) is 13.8 Å². The lowest BCUT2D eigenvalue weighted by Crippen LogP contribution is -2.27. The van der Waals surface area contributed by atoms with Crippen molar-refractivity contribution >= 4 is 26.5 Å². The Bertz CT molecular complexity index is 434. The molecule has 2 atom stereocenters. The van der Waals surface area contributed by atoms with Gasteiger partial charge in [0.05, 0.1) is 0 Å². The van der Waals surface area contributed by atoms with Gasteiger partial charge in [-0.3, -0.25) is 0 Å². The second-order valence-electron chi connectivity index (χ2n) is 7.88. The van der Waals surface area contributed by atoms with E-state index in [1.54, 1.807) is 10.6 Å². The molecule has 0 aliphatic rings. The summed E-state index contributed by atoms with van der Waals surface area (Å²) in [4.78, 5) is 0. The molecule has 0 saturated heterocycles. The van der Waals surface area contributed by atoms with Crippen molar-refractivity contribution in [3.63, 3.8) is 0 Å². The molecule has 0 bridgehead atoms. The summed E-state index contributed by atoms with van der Waals surface area (Å²) in [6.07, 6.45) is 0. The van der Waals surface area contributed by atoms with Crippen molar-refractivity contribution in [2.24, 2.45) is 0 Å². The molecule has 0 nitrogen and oxygen atoms in total. The molecule has 0 aromatic heterocycles. The molecular weight excluding hydrogens is 278 g/mol. The van der Waals surface area contributed by atoms with Gasteiger partial charge in [-0.15, -0.1) is 0 Å². The Morgan fingerprint density at radius 3 is 1.20 bits per heavy atom. The van der Waals surface area contributed by atoms with Crippen LogP contribution >= 0.6 is 15.8 Å². The van der Waals surface area contributed by atoms with Crippen LogP contribution in [0.2, 0.25) is 0 Å². The van der Waals surface area contributed by atoms with Gasteiger partial charge in [0, 0.05) is 0 Å². The molecule has 2 heteroatoms. The van der Waals surface area contributed by atoms with E-state index in [0.29, 0.717) is 10.3 Å². The fourth-order valence-corrected chi connectivity index (χ4v) is 5.66. The Morgan fingerprint density at radius 2 is 0.950 bits per heavy atom. The summed E-state index contributed by atoms with van der Waals surface area (Å²) in [6.45, 7) is 23.7. The van der Waals surface area contributed by atoms with Gasteiger partial charge in [-0.05, 0) is 65.3 Å². The van der Waals surface area contributed by atoms with Gasteiger partial charge in [-0.1, -0.05) is 63.5 Å². The maximum Gasteiger partial charge on any atom is -0.0142 e. The van der Waals surface area contributed by atoms with E-state index < -0.39 is 0 Å². The van der Waals surface area contributed by atoms with E-state index in [4.69, 9.17) is 0 Å². The zero-order valence-electron chi connectivity index (χ0n) is 15.0. The Labute approximate surface area is 129 Å². The number of hydrogen-bond acceptors (Lipinski definition) is 0. The van der Waals surface area contributed by atoms with Crippen molar-refractivity contribution in [1.29, 1.82) is 0 Å². The van der Waals surface area contributed by atoms with Crippen LogP contribution in [0.5, 0.6) is 0 Å². The van der Waals surface area contributed by atoms with E-state index in [9.17, 15) is 0 Å². The SMILES string of the molecule is Cc1cc(C)c(P(C)C(C)(C)C)cc1P(C)C(C)(C)C. The number of rotatable bonds is 2. The third-order valence-electron chi connectivity index (χ3n) is 4.25. The highest BCUT2D eigenvalue weighted by molar-refractivity contribution is 7.68. The van der Waals surface area contributed by atoms with Gasteiger partial charge in [-0.2, -0.15) is 0 Å². The maximum atomic E-state index is 2.54. The molecule has 0 amide bonds. The highest BCUT2D eigenvalue weighted by Crippen LogP contribution is 2.48. The van der Waals surface area contributed by atoms with Crippen LogP contribution in [-0.2, 0) is 0 Å². The van der Waals surface area contributed by atoms with Crippen molar-refractivity contribution in [3.05, 3.63) is 23.3 Å². The quantitative estimate of drug-likeness (QED) is 0.644.